The first-order valence-electron chi connectivity index (χ1n) is 7.85. The summed E-state index contributed by atoms with van der Waals surface area (Å²) in [6, 6.07) is 7.34. The SMILES string of the molecule is [B]c1cc2c(cc1OCC(C)P)cc(C(=O)/C(C#N)=C/N(C)C)n2C. The van der Waals surface area contributed by atoms with Crippen LogP contribution in [0.15, 0.2) is 30.0 Å². The number of hydrogen-bond donors (Lipinski definition) is 0. The van der Waals surface area contributed by atoms with Crippen LogP contribution in [0.2, 0.25) is 0 Å². The van der Waals surface area contributed by atoms with Crippen molar-refractivity contribution in [1.82, 2.24) is 9.47 Å². The molecule has 0 saturated carbocycles. The molecule has 1 heterocycles. The highest BCUT2D eigenvalue weighted by Crippen LogP contribution is 2.24. The van der Waals surface area contributed by atoms with Crippen molar-refractivity contribution in [3.05, 3.63) is 35.7 Å². The van der Waals surface area contributed by atoms with Crippen molar-refractivity contribution in [2.45, 2.75) is 12.6 Å². The van der Waals surface area contributed by atoms with Crippen LogP contribution in [-0.2, 0) is 7.05 Å². The number of benzene rings is 1. The number of nitrogens with zero attached hydrogens (tertiary/aromatic N) is 3. The van der Waals surface area contributed by atoms with Crippen molar-refractivity contribution in [2.24, 2.45) is 7.05 Å². The summed E-state index contributed by atoms with van der Waals surface area (Å²) in [5.74, 6) is 0.269. The minimum Gasteiger partial charge on any atom is -0.494 e. The van der Waals surface area contributed by atoms with Crippen molar-refractivity contribution in [3.8, 4) is 11.8 Å². The van der Waals surface area contributed by atoms with Gasteiger partial charge >= 0.3 is 0 Å². The van der Waals surface area contributed by atoms with Gasteiger partial charge in [-0.25, -0.2) is 0 Å². The molecule has 0 fully saturated rings. The van der Waals surface area contributed by atoms with Crippen molar-refractivity contribution in [3.63, 3.8) is 0 Å². The zero-order valence-electron chi connectivity index (χ0n) is 14.9. The number of ether oxygens (including phenoxy) is 1. The van der Waals surface area contributed by atoms with Crippen LogP contribution in [0.3, 0.4) is 0 Å². The minimum atomic E-state index is -0.325. The molecule has 128 valence electrons. The summed E-state index contributed by atoms with van der Waals surface area (Å²) in [7, 11) is 14.1. The van der Waals surface area contributed by atoms with Crippen LogP contribution in [0.25, 0.3) is 10.9 Å². The largest absolute Gasteiger partial charge is 0.494 e. The fourth-order valence-corrected chi connectivity index (χ4v) is 2.57. The molecule has 7 heteroatoms. The van der Waals surface area contributed by atoms with E-state index >= 15 is 0 Å². The van der Waals surface area contributed by atoms with Crippen molar-refractivity contribution < 1.29 is 9.53 Å². The summed E-state index contributed by atoms with van der Waals surface area (Å²) < 4.78 is 7.47. The lowest BCUT2D eigenvalue weighted by atomic mass is 9.94. The first-order chi connectivity index (χ1) is 11.7. The average molecular weight is 353 g/mol. The second kappa shape index (κ2) is 7.76. The van der Waals surface area contributed by atoms with Gasteiger partial charge in [0.15, 0.2) is 0 Å². The molecule has 0 aliphatic carbocycles. The van der Waals surface area contributed by atoms with Gasteiger partial charge in [-0.2, -0.15) is 5.26 Å². The molecule has 0 bridgehead atoms. The third kappa shape index (κ3) is 4.24. The van der Waals surface area contributed by atoms with Crippen LogP contribution < -0.4 is 10.2 Å². The van der Waals surface area contributed by atoms with Gasteiger partial charge in [-0.3, -0.25) is 4.79 Å². The Morgan fingerprint density at radius 2 is 2.16 bits per heavy atom. The van der Waals surface area contributed by atoms with E-state index in [2.05, 4.69) is 9.24 Å². The summed E-state index contributed by atoms with van der Waals surface area (Å²) in [6.45, 7) is 2.56. The molecular formula is C18H21BN3O2P. The molecule has 0 spiro atoms. The zero-order valence-corrected chi connectivity index (χ0v) is 16.1. The topological polar surface area (TPSA) is 58.3 Å². The van der Waals surface area contributed by atoms with E-state index in [-0.39, 0.29) is 11.4 Å². The van der Waals surface area contributed by atoms with Crippen LogP contribution in [0.5, 0.6) is 5.75 Å². The molecule has 1 aromatic heterocycles. The Balaban J connectivity index is 2.48. The lowest BCUT2D eigenvalue weighted by molar-refractivity contribution is 0.103. The van der Waals surface area contributed by atoms with Gasteiger partial charge < -0.3 is 14.2 Å². The van der Waals surface area contributed by atoms with Gasteiger partial charge in [0.05, 0.1) is 12.3 Å². The van der Waals surface area contributed by atoms with E-state index < -0.39 is 0 Å². The van der Waals surface area contributed by atoms with E-state index in [0.717, 1.165) is 10.9 Å². The van der Waals surface area contributed by atoms with Gasteiger partial charge in [-0.15, -0.1) is 9.24 Å². The van der Waals surface area contributed by atoms with Gasteiger partial charge in [0.25, 0.3) is 0 Å². The Kier molecular flexibility index (Phi) is 5.92. The van der Waals surface area contributed by atoms with E-state index in [1.54, 1.807) is 42.7 Å². The normalized spacial score (nSPS) is 12.7. The van der Waals surface area contributed by atoms with Crippen LogP contribution in [0.4, 0.5) is 0 Å². The fourth-order valence-electron chi connectivity index (χ4n) is 2.48. The highest BCUT2D eigenvalue weighted by molar-refractivity contribution is 7.17. The Morgan fingerprint density at radius 3 is 2.72 bits per heavy atom. The molecule has 1 aromatic carbocycles. The number of fused-ring (bicyclic) bond motifs is 1. The maximum Gasteiger partial charge on any atom is 0.221 e. The molecule has 0 aliphatic rings. The third-order valence-electron chi connectivity index (χ3n) is 3.66. The average Bonchev–Trinajstić information content (AvgIpc) is 2.85. The number of carbonyl (C=O) groups is 1. The molecule has 5 nitrogen and oxygen atoms in total. The van der Waals surface area contributed by atoms with Crippen molar-refractivity contribution in [2.75, 3.05) is 20.7 Å². The molecular weight excluding hydrogens is 332 g/mol. The lowest BCUT2D eigenvalue weighted by Crippen LogP contribution is -2.14. The Morgan fingerprint density at radius 1 is 1.48 bits per heavy atom. The Bertz CT molecular complexity index is 879. The molecule has 2 atom stereocenters. The van der Waals surface area contributed by atoms with Crippen molar-refractivity contribution >= 4 is 39.2 Å². The maximum atomic E-state index is 12.7. The molecule has 0 N–H and O–H groups in total. The quantitative estimate of drug-likeness (QED) is 0.261. The second-order valence-electron chi connectivity index (χ2n) is 6.27. The number of allylic oxidation sites excluding steroid dienone is 1. The van der Waals surface area contributed by atoms with Gasteiger partial charge in [-0.1, -0.05) is 12.4 Å². The first kappa shape index (κ1) is 19.1. The van der Waals surface area contributed by atoms with Gasteiger partial charge in [0, 0.05) is 43.9 Å². The fraction of sp³-hybridized carbons (Fsp3) is 0.333. The molecule has 0 amide bonds. The molecule has 0 saturated heterocycles. The standard InChI is InChI=1S/C18H21BN3O2P/c1-11(25)10-24-17-6-12-5-16(22(4)15(12)7-14(17)19)18(23)13(8-20)9-21(2)3/h5-7,9,11H,10,25H2,1-4H3/b13-9+. The number of nitriles is 1. The van der Waals surface area contributed by atoms with E-state index in [1.165, 1.54) is 6.20 Å². The van der Waals surface area contributed by atoms with Crippen LogP contribution >= 0.6 is 9.24 Å². The summed E-state index contributed by atoms with van der Waals surface area (Å²) in [5.41, 5.74) is 2.15. The molecule has 2 radical (unpaired) electrons. The molecule has 2 rings (SSSR count). The summed E-state index contributed by atoms with van der Waals surface area (Å²) in [6.07, 6.45) is 1.52. The summed E-state index contributed by atoms with van der Waals surface area (Å²) in [4.78, 5) is 14.4. The highest BCUT2D eigenvalue weighted by Gasteiger charge is 2.19. The Labute approximate surface area is 151 Å². The third-order valence-corrected chi connectivity index (χ3v) is 3.85. The Hall–Kier alpha value is -2.25. The zero-order chi connectivity index (χ0) is 18.7. The van der Waals surface area contributed by atoms with E-state index in [1.807, 2.05) is 19.1 Å². The van der Waals surface area contributed by atoms with E-state index in [4.69, 9.17) is 12.6 Å². The van der Waals surface area contributed by atoms with Crippen LogP contribution in [0.1, 0.15) is 17.4 Å². The van der Waals surface area contributed by atoms with Gasteiger partial charge in [0.1, 0.15) is 25.2 Å². The predicted molar refractivity (Wildman–Crippen MR) is 105 cm³/mol. The molecule has 2 aromatic rings. The second-order valence-corrected chi connectivity index (χ2v) is 7.41. The van der Waals surface area contributed by atoms with E-state index in [9.17, 15) is 10.1 Å². The van der Waals surface area contributed by atoms with Crippen LogP contribution in [-0.4, -0.2) is 49.5 Å². The number of Topliss-reactive ketones (excluding diaryl/α,β-unsaturated/α-hetero) is 1. The van der Waals surface area contributed by atoms with Gasteiger partial charge in [-0.05, 0) is 18.2 Å². The maximum absolute atomic E-state index is 12.7. The number of rotatable bonds is 6. The number of hydrogen-bond acceptors (Lipinski definition) is 4. The molecule has 25 heavy (non-hydrogen) atoms. The monoisotopic (exact) mass is 353 g/mol. The van der Waals surface area contributed by atoms with Crippen LogP contribution in [0, 0.1) is 11.3 Å². The summed E-state index contributed by atoms with van der Waals surface area (Å²) >= 11 is 0. The number of aromatic nitrogens is 1. The molecule has 0 aliphatic heterocycles. The summed E-state index contributed by atoms with van der Waals surface area (Å²) in [5, 5.41) is 10.1. The number of carbonyl (C=O) groups excluding carboxylic acids is 1. The predicted octanol–water partition coefficient (Wildman–Crippen LogP) is 1.77. The number of aryl methyl sites for hydroxylation is 1. The van der Waals surface area contributed by atoms with Gasteiger partial charge in [0.2, 0.25) is 5.78 Å². The van der Waals surface area contributed by atoms with Crippen molar-refractivity contribution in [1.29, 1.82) is 5.26 Å². The lowest BCUT2D eigenvalue weighted by Gasteiger charge is -2.12. The smallest absolute Gasteiger partial charge is 0.221 e. The highest BCUT2D eigenvalue weighted by atomic mass is 31.0. The first-order valence-corrected chi connectivity index (χ1v) is 8.51. The van der Waals surface area contributed by atoms with E-state index in [0.29, 0.717) is 29.2 Å². The molecule has 2 unspecified atom stereocenters. The number of ketones is 1. The minimum absolute atomic E-state index is 0.0807.